The van der Waals surface area contributed by atoms with Crippen LogP contribution in [0.4, 0.5) is 0 Å². The number of hydrogen-bond donors (Lipinski definition) is 0. The average Bonchev–Trinajstić information content (AvgIpc) is 2.39. The van der Waals surface area contributed by atoms with Gasteiger partial charge in [0.1, 0.15) is 0 Å². The van der Waals surface area contributed by atoms with Crippen molar-refractivity contribution < 1.29 is 14.0 Å². The van der Waals surface area contributed by atoms with Crippen LogP contribution in [0.1, 0.15) is 0 Å². The van der Waals surface area contributed by atoms with Crippen molar-refractivity contribution >= 4 is 0 Å². The Morgan fingerprint density at radius 2 is 1.44 bits per heavy atom. The lowest BCUT2D eigenvalue weighted by atomic mass is 10.5. The third-order valence-electron chi connectivity index (χ3n) is 1.89. The van der Waals surface area contributed by atoms with Crippen LogP contribution in [-0.2, 0) is 0 Å². The maximum absolute atomic E-state index is 4.96. The number of rotatable bonds is 3. The lowest BCUT2D eigenvalue weighted by Gasteiger charge is -1.98. The molecule has 16 heavy (non-hydrogen) atoms. The predicted molar refractivity (Wildman–Crippen MR) is 54.5 cm³/mol. The molecular weight excluding hydrogens is 208 g/mol. The van der Waals surface area contributed by atoms with Crippen molar-refractivity contribution in [3.05, 3.63) is 30.6 Å². The largest absolute Gasteiger partial charge is 0.454 e. The van der Waals surface area contributed by atoms with E-state index in [0.29, 0.717) is 5.95 Å². The Hall–Kier alpha value is -2.24. The summed E-state index contributed by atoms with van der Waals surface area (Å²) < 4.78 is 11.7. The monoisotopic (exact) mass is 219 g/mol. The second-order valence-electron chi connectivity index (χ2n) is 2.89. The van der Waals surface area contributed by atoms with Crippen LogP contribution in [-0.4, -0.2) is 29.2 Å². The fourth-order valence-corrected chi connectivity index (χ4v) is 1.16. The van der Waals surface area contributed by atoms with E-state index in [1.807, 2.05) is 30.6 Å². The van der Waals surface area contributed by atoms with Crippen LogP contribution in [0.5, 0.6) is 12.0 Å². The van der Waals surface area contributed by atoms with E-state index in [9.17, 15) is 0 Å². The molecule has 2 aromatic rings. The first-order chi connectivity index (χ1) is 7.83. The third kappa shape index (κ3) is 2.05. The van der Waals surface area contributed by atoms with E-state index in [4.69, 9.17) is 9.47 Å². The van der Waals surface area contributed by atoms with E-state index in [1.54, 1.807) is 4.57 Å². The summed E-state index contributed by atoms with van der Waals surface area (Å²) in [5.74, 6) is 0.448. The quantitative estimate of drug-likeness (QED) is 0.688. The summed E-state index contributed by atoms with van der Waals surface area (Å²) in [5, 5.41) is 0. The van der Waals surface area contributed by atoms with E-state index in [1.165, 1.54) is 14.2 Å². The predicted octanol–water partition coefficient (Wildman–Crippen LogP) is 0.165. The molecular formula is C10H11N4O2+. The van der Waals surface area contributed by atoms with Crippen LogP contribution in [0.15, 0.2) is 30.6 Å². The molecule has 0 spiro atoms. The second-order valence-corrected chi connectivity index (χ2v) is 2.89. The van der Waals surface area contributed by atoms with E-state index in [2.05, 4.69) is 15.0 Å². The Morgan fingerprint density at radius 3 is 1.94 bits per heavy atom. The maximum Gasteiger partial charge on any atom is 0.447 e. The molecule has 0 radical (unpaired) electrons. The van der Waals surface area contributed by atoms with E-state index in [0.717, 1.165) is 0 Å². The van der Waals surface area contributed by atoms with Crippen molar-refractivity contribution in [2.75, 3.05) is 14.2 Å². The Kier molecular flexibility index (Phi) is 2.90. The highest BCUT2D eigenvalue weighted by Gasteiger charge is 2.17. The van der Waals surface area contributed by atoms with Crippen LogP contribution in [0, 0.1) is 0 Å². The van der Waals surface area contributed by atoms with Gasteiger partial charge in [-0.05, 0) is 22.1 Å². The molecule has 0 amide bonds. The number of methoxy groups -OCH3 is 2. The van der Waals surface area contributed by atoms with Gasteiger partial charge in [0.25, 0.3) is 0 Å². The zero-order chi connectivity index (χ0) is 11.4. The van der Waals surface area contributed by atoms with Gasteiger partial charge in [0.05, 0.1) is 26.6 Å². The second kappa shape index (κ2) is 4.52. The molecule has 0 saturated heterocycles. The van der Waals surface area contributed by atoms with Crippen LogP contribution >= 0.6 is 0 Å². The molecule has 0 aliphatic carbocycles. The number of nitrogens with zero attached hydrogens (tertiary/aromatic N) is 4. The van der Waals surface area contributed by atoms with Crippen molar-refractivity contribution in [3.63, 3.8) is 0 Å². The minimum Gasteiger partial charge on any atom is -0.454 e. The normalized spacial score (nSPS) is 9.88. The maximum atomic E-state index is 4.96. The molecule has 0 N–H and O–H groups in total. The van der Waals surface area contributed by atoms with Gasteiger partial charge >= 0.3 is 18.0 Å². The van der Waals surface area contributed by atoms with Crippen LogP contribution in [0.2, 0.25) is 0 Å². The first kappa shape index (κ1) is 10.3. The van der Waals surface area contributed by atoms with Gasteiger partial charge in [-0.1, -0.05) is 6.07 Å². The van der Waals surface area contributed by atoms with Gasteiger partial charge in [0.2, 0.25) is 0 Å². The molecule has 0 bridgehead atoms. The summed E-state index contributed by atoms with van der Waals surface area (Å²) >= 11 is 0. The molecule has 0 unspecified atom stereocenters. The molecule has 6 nitrogen and oxygen atoms in total. The lowest BCUT2D eigenvalue weighted by Crippen LogP contribution is -2.32. The van der Waals surface area contributed by atoms with Gasteiger partial charge in [0.15, 0.2) is 0 Å². The van der Waals surface area contributed by atoms with Crippen LogP contribution in [0.25, 0.3) is 5.95 Å². The minimum atomic E-state index is 0.221. The molecule has 0 atom stereocenters. The molecule has 0 saturated carbocycles. The highest BCUT2D eigenvalue weighted by atomic mass is 16.5. The zero-order valence-electron chi connectivity index (χ0n) is 8.99. The van der Waals surface area contributed by atoms with E-state index < -0.39 is 0 Å². The van der Waals surface area contributed by atoms with Crippen molar-refractivity contribution in [2.24, 2.45) is 0 Å². The first-order valence-corrected chi connectivity index (χ1v) is 4.64. The molecule has 0 aliphatic rings. The fraction of sp³-hybridized carbons (Fsp3) is 0.200. The van der Waals surface area contributed by atoms with Gasteiger partial charge in [-0.2, -0.15) is 0 Å². The van der Waals surface area contributed by atoms with Gasteiger partial charge in [0, 0.05) is 0 Å². The Morgan fingerprint density at radius 1 is 0.875 bits per heavy atom. The Labute approximate surface area is 92.5 Å². The van der Waals surface area contributed by atoms with E-state index in [-0.39, 0.29) is 12.0 Å². The molecule has 2 heterocycles. The minimum absolute atomic E-state index is 0.221. The molecule has 6 heteroatoms. The number of ether oxygens (including phenoxy) is 2. The van der Waals surface area contributed by atoms with Gasteiger partial charge in [-0.25, -0.2) is 4.57 Å². The molecule has 0 aliphatic heterocycles. The van der Waals surface area contributed by atoms with Crippen LogP contribution < -0.4 is 14.0 Å². The third-order valence-corrected chi connectivity index (χ3v) is 1.89. The molecule has 0 aromatic carbocycles. The Bertz CT molecular complexity index is 453. The molecule has 2 aromatic heterocycles. The van der Waals surface area contributed by atoms with Gasteiger partial charge < -0.3 is 9.47 Å². The first-order valence-electron chi connectivity index (χ1n) is 4.64. The van der Waals surface area contributed by atoms with Crippen molar-refractivity contribution in [2.45, 2.75) is 0 Å². The van der Waals surface area contributed by atoms with Gasteiger partial charge in [-0.3, -0.25) is 0 Å². The highest BCUT2D eigenvalue weighted by Crippen LogP contribution is 2.08. The molecule has 0 fully saturated rings. The smallest absolute Gasteiger partial charge is 0.447 e. The van der Waals surface area contributed by atoms with Crippen LogP contribution in [0.3, 0.4) is 0 Å². The van der Waals surface area contributed by atoms with Crippen molar-refractivity contribution in [1.29, 1.82) is 0 Å². The topological polar surface area (TPSA) is 61.0 Å². The lowest BCUT2D eigenvalue weighted by molar-refractivity contribution is -0.603. The Balaban J connectivity index is 2.48. The summed E-state index contributed by atoms with van der Waals surface area (Å²) in [6.07, 6.45) is 3.66. The SMILES string of the molecule is COc1nc(OC)nc(-[n+]2ccccc2)n1. The number of pyridine rings is 1. The van der Waals surface area contributed by atoms with Crippen molar-refractivity contribution in [3.8, 4) is 18.0 Å². The molecule has 82 valence electrons. The summed E-state index contributed by atoms with van der Waals surface area (Å²) in [7, 11) is 2.99. The fourth-order valence-electron chi connectivity index (χ4n) is 1.16. The standard InChI is InChI=1S/C10H11N4O2/c1-15-9-11-8(12-10(13-9)16-2)14-6-4-3-5-7-14/h3-7H,1-2H3/q+1. The molecule has 2 rings (SSSR count). The zero-order valence-corrected chi connectivity index (χ0v) is 8.99. The summed E-state index contributed by atoms with van der Waals surface area (Å²) in [6.45, 7) is 0. The summed E-state index contributed by atoms with van der Waals surface area (Å²) in [4.78, 5) is 12.1. The number of aromatic nitrogens is 4. The number of hydrogen-bond acceptors (Lipinski definition) is 5. The highest BCUT2D eigenvalue weighted by molar-refractivity contribution is 5.09. The van der Waals surface area contributed by atoms with Gasteiger partial charge in [-0.15, -0.1) is 4.98 Å². The summed E-state index contributed by atoms with van der Waals surface area (Å²) in [6, 6.07) is 6.11. The van der Waals surface area contributed by atoms with E-state index >= 15 is 0 Å². The van der Waals surface area contributed by atoms with Crippen molar-refractivity contribution in [1.82, 2.24) is 15.0 Å². The average molecular weight is 219 g/mol. The summed E-state index contributed by atoms with van der Waals surface area (Å²) in [5.41, 5.74) is 0.